The minimum Gasteiger partial charge on any atom is -0.379 e. The minimum absolute atomic E-state index is 0.152. The van der Waals surface area contributed by atoms with Gasteiger partial charge in [-0.3, -0.25) is 19.6 Å². The highest BCUT2D eigenvalue weighted by Crippen LogP contribution is 2.37. The van der Waals surface area contributed by atoms with Crippen LogP contribution in [0.3, 0.4) is 0 Å². The summed E-state index contributed by atoms with van der Waals surface area (Å²) in [4.78, 5) is 24.0. The smallest absolute Gasteiger partial charge is 0.379 e. The first-order valence-electron chi connectivity index (χ1n) is 14.5. The number of carbonyl (C=O) groups excluding carboxylic acids is 1. The number of halogens is 4. The normalized spacial score (nSPS) is 20.3. The Morgan fingerprint density at radius 3 is 2.42 bits per heavy atom. The van der Waals surface area contributed by atoms with E-state index < -0.39 is 29.0 Å². The number of piperazine rings is 1. The molecule has 2 fully saturated rings. The summed E-state index contributed by atoms with van der Waals surface area (Å²) in [5.74, 6) is -1.37. The van der Waals surface area contributed by atoms with Crippen LogP contribution in [0.5, 0.6) is 0 Å². The van der Waals surface area contributed by atoms with Crippen LogP contribution in [-0.4, -0.2) is 79.2 Å². The molecule has 1 aromatic heterocycles. The van der Waals surface area contributed by atoms with Crippen molar-refractivity contribution in [2.45, 2.75) is 45.6 Å². The first kappa shape index (κ1) is 30.9. The molecule has 2 aromatic carbocycles. The predicted octanol–water partition coefficient (Wildman–Crippen LogP) is 5.83. The van der Waals surface area contributed by atoms with Crippen LogP contribution in [-0.2, 0) is 17.5 Å². The number of alkyl halides is 3. The van der Waals surface area contributed by atoms with Crippen molar-refractivity contribution in [3.05, 3.63) is 76.9 Å². The van der Waals surface area contributed by atoms with Crippen LogP contribution in [0.4, 0.5) is 28.9 Å². The number of ether oxygens (including phenoxy) is 1. The minimum atomic E-state index is -4.74. The number of hydrogen-bond donors (Lipinski definition) is 1. The molecule has 3 aromatic rings. The number of anilines is 2. The van der Waals surface area contributed by atoms with Crippen molar-refractivity contribution in [1.82, 2.24) is 14.8 Å². The van der Waals surface area contributed by atoms with E-state index in [2.05, 4.69) is 38.8 Å². The third-order valence-corrected chi connectivity index (χ3v) is 8.39. The molecular weight excluding hydrogens is 562 g/mol. The molecular formula is C32H37F4N5O2. The van der Waals surface area contributed by atoms with Crippen molar-refractivity contribution in [2.24, 2.45) is 0 Å². The van der Waals surface area contributed by atoms with Gasteiger partial charge in [-0.05, 0) is 69.3 Å². The SMILES string of the molecule is Cc1cc(C(F)(F)F)c(C(=O)Nc2cc(-c3cc(CN4CCOCC4)ccc3F)ccc2N2C[C@@H](C)N(C)[C@H](C)C2)cn1. The number of aryl methyl sites for hydroxylation is 1. The molecule has 0 saturated carbocycles. The lowest BCUT2D eigenvalue weighted by Crippen LogP contribution is -2.55. The summed E-state index contributed by atoms with van der Waals surface area (Å²) in [5, 5.41) is 2.73. The monoisotopic (exact) mass is 599 g/mol. The molecule has 0 bridgehead atoms. The molecule has 1 amide bonds. The fourth-order valence-electron chi connectivity index (χ4n) is 5.75. The summed E-state index contributed by atoms with van der Waals surface area (Å²) < 4.78 is 62.3. The van der Waals surface area contributed by atoms with Crippen LogP contribution in [0, 0.1) is 12.7 Å². The average molecular weight is 600 g/mol. The van der Waals surface area contributed by atoms with Crippen LogP contribution in [0.2, 0.25) is 0 Å². The molecule has 1 N–H and O–H groups in total. The third kappa shape index (κ3) is 7.00. The highest BCUT2D eigenvalue weighted by molar-refractivity contribution is 6.07. The second kappa shape index (κ2) is 12.6. The summed E-state index contributed by atoms with van der Waals surface area (Å²) in [6.45, 7) is 10.4. The van der Waals surface area contributed by atoms with Crippen molar-refractivity contribution < 1.29 is 27.1 Å². The summed E-state index contributed by atoms with van der Waals surface area (Å²) in [5.41, 5.74) is 1.26. The van der Waals surface area contributed by atoms with Gasteiger partial charge in [0.25, 0.3) is 5.91 Å². The van der Waals surface area contributed by atoms with Gasteiger partial charge in [0, 0.05) is 62.3 Å². The molecule has 43 heavy (non-hydrogen) atoms. The fourth-order valence-corrected chi connectivity index (χ4v) is 5.75. The van der Waals surface area contributed by atoms with E-state index in [-0.39, 0.29) is 17.8 Å². The number of nitrogens with zero attached hydrogens (tertiary/aromatic N) is 4. The second-order valence-electron chi connectivity index (χ2n) is 11.5. The Balaban J connectivity index is 1.53. The number of pyridine rings is 1. The molecule has 0 unspecified atom stereocenters. The number of amides is 1. The lowest BCUT2D eigenvalue weighted by Gasteiger charge is -2.44. The highest BCUT2D eigenvalue weighted by atomic mass is 19.4. The fraction of sp³-hybridized carbons (Fsp3) is 0.438. The molecule has 7 nitrogen and oxygen atoms in total. The maximum Gasteiger partial charge on any atom is 0.417 e. The van der Waals surface area contributed by atoms with Crippen LogP contribution < -0.4 is 10.2 Å². The van der Waals surface area contributed by atoms with E-state index in [9.17, 15) is 18.0 Å². The number of benzene rings is 2. The topological polar surface area (TPSA) is 60.9 Å². The summed E-state index contributed by atoms with van der Waals surface area (Å²) in [6.07, 6.45) is -3.79. The van der Waals surface area contributed by atoms with Crippen LogP contribution in [0.25, 0.3) is 11.1 Å². The molecule has 0 radical (unpaired) electrons. The Morgan fingerprint density at radius 1 is 1.05 bits per heavy atom. The quantitative estimate of drug-likeness (QED) is 0.360. The Labute approximate surface area is 249 Å². The van der Waals surface area contributed by atoms with Crippen molar-refractivity contribution in [3.8, 4) is 11.1 Å². The number of rotatable bonds is 6. The zero-order valence-electron chi connectivity index (χ0n) is 24.8. The molecule has 0 aliphatic carbocycles. The van der Waals surface area contributed by atoms with Gasteiger partial charge in [0.2, 0.25) is 0 Å². The van der Waals surface area contributed by atoms with E-state index >= 15 is 4.39 Å². The third-order valence-electron chi connectivity index (χ3n) is 8.39. The largest absolute Gasteiger partial charge is 0.417 e. The molecule has 2 aliphatic rings. The molecule has 230 valence electrons. The lowest BCUT2D eigenvalue weighted by molar-refractivity contribution is -0.138. The maximum absolute atomic E-state index is 15.2. The Hall–Kier alpha value is -3.54. The van der Waals surface area contributed by atoms with Gasteiger partial charge in [-0.1, -0.05) is 12.1 Å². The van der Waals surface area contributed by atoms with Gasteiger partial charge >= 0.3 is 6.18 Å². The first-order chi connectivity index (χ1) is 20.4. The van der Waals surface area contributed by atoms with Crippen molar-refractivity contribution in [3.63, 3.8) is 0 Å². The number of morpholine rings is 1. The van der Waals surface area contributed by atoms with Gasteiger partial charge in [0.05, 0.1) is 35.7 Å². The lowest BCUT2D eigenvalue weighted by atomic mass is 9.99. The maximum atomic E-state index is 15.2. The first-order valence-corrected chi connectivity index (χ1v) is 14.5. The van der Waals surface area contributed by atoms with E-state index in [1.165, 1.54) is 13.0 Å². The summed E-state index contributed by atoms with van der Waals surface area (Å²) >= 11 is 0. The van der Waals surface area contributed by atoms with Gasteiger partial charge in [-0.25, -0.2) is 4.39 Å². The Bertz CT molecular complexity index is 1460. The van der Waals surface area contributed by atoms with E-state index in [1.807, 2.05) is 13.1 Å². The molecule has 5 rings (SSSR count). The average Bonchev–Trinajstić information content (AvgIpc) is 2.96. The zero-order valence-corrected chi connectivity index (χ0v) is 24.8. The van der Waals surface area contributed by atoms with Crippen LogP contribution in [0.1, 0.15) is 41.0 Å². The molecule has 11 heteroatoms. The van der Waals surface area contributed by atoms with Gasteiger partial charge in [-0.15, -0.1) is 0 Å². The zero-order chi connectivity index (χ0) is 30.9. The summed E-state index contributed by atoms with van der Waals surface area (Å²) in [6, 6.07) is 11.5. The van der Waals surface area contributed by atoms with E-state index in [1.54, 1.807) is 24.3 Å². The number of hydrogen-bond acceptors (Lipinski definition) is 6. The van der Waals surface area contributed by atoms with Crippen LogP contribution in [0.15, 0.2) is 48.7 Å². The van der Waals surface area contributed by atoms with E-state index in [0.717, 1.165) is 30.9 Å². The molecule has 2 saturated heterocycles. The molecule has 3 heterocycles. The van der Waals surface area contributed by atoms with Gasteiger partial charge in [0.15, 0.2) is 0 Å². The number of likely N-dealkylation sites (N-methyl/N-ethyl adjacent to an activating group) is 1. The predicted molar refractivity (Wildman–Crippen MR) is 159 cm³/mol. The van der Waals surface area contributed by atoms with Gasteiger partial charge in [0.1, 0.15) is 5.82 Å². The number of nitrogens with one attached hydrogen (secondary N) is 1. The van der Waals surface area contributed by atoms with Gasteiger partial charge < -0.3 is 15.0 Å². The van der Waals surface area contributed by atoms with Crippen molar-refractivity contribution in [1.29, 1.82) is 0 Å². The van der Waals surface area contributed by atoms with E-state index in [4.69, 9.17) is 4.74 Å². The summed E-state index contributed by atoms with van der Waals surface area (Å²) in [7, 11) is 2.05. The van der Waals surface area contributed by atoms with Gasteiger partial charge in [-0.2, -0.15) is 13.2 Å². The molecule has 2 aliphatic heterocycles. The number of carbonyl (C=O) groups is 1. The van der Waals surface area contributed by atoms with E-state index in [0.29, 0.717) is 55.3 Å². The standard InChI is InChI=1S/C32H37F4N5O2/c1-20-13-27(32(34,35)36)26(16-37-20)31(42)38-29-15-24(6-8-30(29)41-17-21(2)39(4)22(3)18-41)25-14-23(5-7-28(25)33)19-40-9-11-43-12-10-40/h5-8,13-16,21-22H,9-12,17-19H2,1-4H3,(H,38,42)/t21-,22-/m1/s1. The van der Waals surface area contributed by atoms with Crippen LogP contribution >= 0.6 is 0 Å². The van der Waals surface area contributed by atoms with Crippen molar-refractivity contribution >= 4 is 17.3 Å². The Morgan fingerprint density at radius 2 is 1.74 bits per heavy atom. The second-order valence-corrected chi connectivity index (χ2v) is 11.5. The molecule has 2 atom stereocenters. The molecule has 0 spiro atoms. The Kier molecular flexibility index (Phi) is 9.05. The highest BCUT2D eigenvalue weighted by Gasteiger charge is 2.36. The number of aromatic nitrogens is 1. The van der Waals surface area contributed by atoms with Crippen molar-refractivity contribution in [2.75, 3.05) is 56.7 Å².